The van der Waals surface area contributed by atoms with Crippen LogP contribution in [0.5, 0.6) is 0 Å². The molecule has 0 unspecified atom stereocenters. The molecule has 2 aromatic carbocycles. The van der Waals surface area contributed by atoms with E-state index in [2.05, 4.69) is 22.8 Å². The van der Waals surface area contributed by atoms with Gasteiger partial charge in [-0.25, -0.2) is 4.79 Å². The summed E-state index contributed by atoms with van der Waals surface area (Å²) in [5.74, 6) is -1.67. The SMILES string of the molecule is CC[C@H](C)[C@H](NC(=O)OCC1c2ccccc2-c2ccccc21)C(=O)N[C@H](CC(=O)O)C(C)C. The Labute approximate surface area is 200 Å². The Kier molecular flexibility index (Phi) is 8.31. The third-order valence-corrected chi connectivity index (χ3v) is 6.64. The van der Waals surface area contributed by atoms with E-state index in [0.717, 1.165) is 22.3 Å². The van der Waals surface area contributed by atoms with Gasteiger partial charge in [-0.3, -0.25) is 9.59 Å². The molecule has 7 heteroatoms. The lowest BCUT2D eigenvalue weighted by molar-refractivity contribution is -0.138. The number of benzene rings is 2. The van der Waals surface area contributed by atoms with Crippen molar-refractivity contribution in [3.63, 3.8) is 0 Å². The highest BCUT2D eigenvalue weighted by molar-refractivity contribution is 5.86. The molecule has 1 aliphatic rings. The minimum absolute atomic E-state index is 0.0629. The first-order valence-corrected chi connectivity index (χ1v) is 11.9. The van der Waals surface area contributed by atoms with E-state index in [0.29, 0.717) is 6.42 Å². The van der Waals surface area contributed by atoms with Gasteiger partial charge in [-0.15, -0.1) is 0 Å². The van der Waals surface area contributed by atoms with E-state index in [1.165, 1.54) is 0 Å². The second-order valence-corrected chi connectivity index (χ2v) is 9.29. The maximum atomic E-state index is 13.0. The average Bonchev–Trinajstić information content (AvgIpc) is 3.13. The van der Waals surface area contributed by atoms with Crippen LogP contribution in [-0.2, 0) is 14.3 Å². The smallest absolute Gasteiger partial charge is 0.407 e. The monoisotopic (exact) mass is 466 g/mol. The second-order valence-electron chi connectivity index (χ2n) is 9.29. The summed E-state index contributed by atoms with van der Waals surface area (Å²) in [5.41, 5.74) is 4.51. The first kappa shape index (κ1) is 25.3. The first-order chi connectivity index (χ1) is 16.2. The van der Waals surface area contributed by atoms with Gasteiger partial charge < -0.3 is 20.5 Å². The van der Waals surface area contributed by atoms with E-state index in [9.17, 15) is 14.4 Å². The Bertz CT molecular complexity index is 990. The molecular weight excluding hydrogens is 432 g/mol. The fourth-order valence-corrected chi connectivity index (χ4v) is 4.38. The van der Waals surface area contributed by atoms with Crippen LogP contribution in [0.1, 0.15) is 57.6 Å². The van der Waals surface area contributed by atoms with E-state index in [1.54, 1.807) is 0 Å². The molecule has 0 saturated carbocycles. The molecule has 0 spiro atoms. The third kappa shape index (κ3) is 5.76. The third-order valence-electron chi connectivity index (χ3n) is 6.64. The number of carbonyl (C=O) groups is 3. The van der Waals surface area contributed by atoms with Gasteiger partial charge in [0.15, 0.2) is 0 Å². The van der Waals surface area contributed by atoms with Crippen molar-refractivity contribution < 1.29 is 24.2 Å². The highest BCUT2D eigenvalue weighted by Crippen LogP contribution is 2.44. The molecule has 0 fully saturated rings. The van der Waals surface area contributed by atoms with Crippen LogP contribution in [0.15, 0.2) is 48.5 Å². The number of fused-ring (bicyclic) bond motifs is 3. The van der Waals surface area contributed by atoms with Crippen molar-refractivity contribution in [2.24, 2.45) is 11.8 Å². The van der Waals surface area contributed by atoms with Gasteiger partial charge in [0.2, 0.25) is 5.91 Å². The number of amides is 2. The Morgan fingerprint density at radius 2 is 1.50 bits per heavy atom. The number of ether oxygens (including phenoxy) is 1. The molecule has 34 heavy (non-hydrogen) atoms. The molecule has 3 atom stereocenters. The number of alkyl carbamates (subject to hydrolysis) is 1. The molecule has 0 bridgehead atoms. The first-order valence-electron chi connectivity index (χ1n) is 11.9. The zero-order chi connectivity index (χ0) is 24.8. The second kappa shape index (κ2) is 11.2. The van der Waals surface area contributed by atoms with Gasteiger partial charge in [0.05, 0.1) is 6.42 Å². The number of rotatable bonds is 10. The Balaban J connectivity index is 1.68. The largest absolute Gasteiger partial charge is 0.481 e. The molecule has 7 nitrogen and oxygen atoms in total. The number of hydrogen-bond donors (Lipinski definition) is 3. The maximum absolute atomic E-state index is 13.0. The molecule has 1 aliphatic carbocycles. The average molecular weight is 467 g/mol. The van der Waals surface area contributed by atoms with Crippen molar-refractivity contribution in [2.75, 3.05) is 6.61 Å². The van der Waals surface area contributed by atoms with Crippen molar-refractivity contribution >= 4 is 18.0 Å². The van der Waals surface area contributed by atoms with Crippen molar-refractivity contribution in [1.82, 2.24) is 10.6 Å². The lowest BCUT2D eigenvalue weighted by Crippen LogP contribution is -2.54. The quantitative estimate of drug-likeness (QED) is 0.476. The van der Waals surface area contributed by atoms with Crippen LogP contribution in [0.4, 0.5) is 4.79 Å². The number of hydrogen-bond acceptors (Lipinski definition) is 4. The zero-order valence-corrected chi connectivity index (χ0v) is 20.2. The Morgan fingerprint density at radius 1 is 0.941 bits per heavy atom. The summed E-state index contributed by atoms with van der Waals surface area (Å²) in [6.07, 6.45) is -0.184. The molecule has 0 heterocycles. The lowest BCUT2D eigenvalue weighted by atomic mass is 9.96. The molecule has 0 saturated heterocycles. The normalized spacial score (nSPS) is 15.1. The summed E-state index contributed by atoms with van der Waals surface area (Å²) in [4.78, 5) is 36.9. The fraction of sp³-hybridized carbons (Fsp3) is 0.444. The molecule has 0 aromatic heterocycles. The molecule has 2 aromatic rings. The van der Waals surface area contributed by atoms with Crippen molar-refractivity contribution in [2.45, 2.75) is 58.5 Å². The fourth-order valence-electron chi connectivity index (χ4n) is 4.38. The standard InChI is InChI=1S/C27H34N2O5/c1-5-17(4)25(26(32)28-23(16(2)3)14-24(30)31)29-27(33)34-15-22-20-12-8-6-10-18(20)19-11-7-9-13-21(19)22/h6-13,16-17,22-23,25H,5,14-15H2,1-4H3,(H,28,32)(H,29,33)(H,30,31)/t17-,23+,25-/m0/s1. The van der Waals surface area contributed by atoms with Crippen LogP contribution >= 0.6 is 0 Å². The summed E-state index contributed by atoms with van der Waals surface area (Å²) in [5, 5.41) is 14.7. The minimum Gasteiger partial charge on any atom is -0.481 e. The molecule has 0 aliphatic heterocycles. The summed E-state index contributed by atoms with van der Waals surface area (Å²) in [6.45, 7) is 7.66. The van der Waals surface area contributed by atoms with E-state index in [-0.39, 0.29) is 30.8 Å². The Hall–Kier alpha value is -3.35. The summed E-state index contributed by atoms with van der Waals surface area (Å²) >= 11 is 0. The summed E-state index contributed by atoms with van der Waals surface area (Å²) in [7, 11) is 0. The van der Waals surface area contributed by atoms with Crippen molar-refractivity contribution in [3.05, 3.63) is 59.7 Å². The molecule has 0 radical (unpaired) electrons. The van der Waals surface area contributed by atoms with Gasteiger partial charge in [0.1, 0.15) is 12.6 Å². The number of carboxylic acids is 1. The predicted molar refractivity (Wildman–Crippen MR) is 130 cm³/mol. The minimum atomic E-state index is -0.983. The Morgan fingerprint density at radius 3 is 2.00 bits per heavy atom. The van der Waals surface area contributed by atoms with Crippen LogP contribution < -0.4 is 10.6 Å². The maximum Gasteiger partial charge on any atom is 0.407 e. The van der Waals surface area contributed by atoms with Gasteiger partial charge in [0, 0.05) is 12.0 Å². The van der Waals surface area contributed by atoms with Crippen LogP contribution in [0, 0.1) is 11.8 Å². The predicted octanol–water partition coefficient (Wildman–Crippen LogP) is 4.56. The van der Waals surface area contributed by atoms with E-state index in [1.807, 2.05) is 64.1 Å². The van der Waals surface area contributed by atoms with Crippen LogP contribution in [0.3, 0.4) is 0 Å². The lowest BCUT2D eigenvalue weighted by Gasteiger charge is -2.27. The molecule has 3 N–H and O–H groups in total. The highest BCUT2D eigenvalue weighted by atomic mass is 16.5. The zero-order valence-electron chi connectivity index (χ0n) is 20.2. The van der Waals surface area contributed by atoms with Crippen LogP contribution in [0.2, 0.25) is 0 Å². The van der Waals surface area contributed by atoms with E-state index < -0.39 is 30.1 Å². The van der Waals surface area contributed by atoms with Gasteiger partial charge >= 0.3 is 12.1 Å². The van der Waals surface area contributed by atoms with Crippen molar-refractivity contribution in [1.29, 1.82) is 0 Å². The molecule has 182 valence electrons. The van der Waals surface area contributed by atoms with Gasteiger partial charge in [0.25, 0.3) is 0 Å². The van der Waals surface area contributed by atoms with Crippen LogP contribution in [-0.4, -0.2) is 41.8 Å². The van der Waals surface area contributed by atoms with Crippen LogP contribution in [0.25, 0.3) is 11.1 Å². The summed E-state index contributed by atoms with van der Waals surface area (Å²) in [6, 6.07) is 14.8. The molecule has 2 amide bonds. The van der Waals surface area contributed by atoms with Gasteiger partial charge in [-0.2, -0.15) is 0 Å². The topological polar surface area (TPSA) is 105 Å². The molecular formula is C27H34N2O5. The van der Waals surface area contributed by atoms with Crippen molar-refractivity contribution in [3.8, 4) is 11.1 Å². The van der Waals surface area contributed by atoms with E-state index in [4.69, 9.17) is 9.84 Å². The number of carboxylic acid groups (broad SMARTS) is 1. The highest BCUT2D eigenvalue weighted by Gasteiger charge is 2.32. The van der Waals surface area contributed by atoms with Gasteiger partial charge in [-0.1, -0.05) is 82.6 Å². The van der Waals surface area contributed by atoms with E-state index >= 15 is 0 Å². The number of aliphatic carboxylic acids is 1. The number of carbonyl (C=O) groups excluding carboxylic acids is 2. The number of nitrogens with one attached hydrogen (secondary N) is 2. The molecule has 3 rings (SSSR count). The van der Waals surface area contributed by atoms with Gasteiger partial charge in [-0.05, 0) is 34.1 Å². The summed E-state index contributed by atoms with van der Waals surface area (Å²) < 4.78 is 5.61.